The predicted molar refractivity (Wildman–Crippen MR) is 103 cm³/mol. The Bertz CT molecular complexity index is 783. The molecule has 2 aliphatic rings. The van der Waals surface area contributed by atoms with E-state index >= 15 is 0 Å². The number of carbonyl (C=O) groups is 1. The number of piperidine rings is 1. The van der Waals surface area contributed by atoms with Crippen LogP contribution in [-0.4, -0.2) is 42.0 Å². The fourth-order valence-electron chi connectivity index (χ4n) is 4.20. The molecule has 2 fully saturated rings. The minimum atomic E-state index is 0.137. The van der Waals surface area contributed by atoms with E-state index in [-0.39, 0.29) is 11.9 Å². The first-order valence-electron chi connectivity index (χ1n) is 9.58. The number of hydrogen-bond donors (Lipinski definition) is 2. The Morgan fingerprint density at radius 1 is 1.22 bits per heavy atom. The number of nitrogens with zero attached hydrogens (tertiary/aromatic N) is 2. The zero-order valence-corrected chi connectivity index (χ0v) is 15.6. The molecule has 6 heteroatoms. The van der Waals surface area contributed by atoms with E-state index in [1.807, 2.05) is 41.3 Å². The first kappa shape index (κ1) is 17.9. The molecule has 0 radical (unpaired) electrons. The lowest BCUT2D eigenvalue weighted by Crippen LogP contribution is -2.47. The van der Waals surface area contributed by atoms with E-state index in [0.29, 0.717) is 24.8 Å². The van der Waals surface area contributed by atoms with Crippen LogP contribution in [0.25, 0.3) is 0 Å². The van der Waals surface area contributed by atoms with Crippen LogP contribution >= 0.6 is 0 Å². The molecule has 27 heavy (non-hydrogen) atoms. The van der Waals surface area contributed by atoms with Crippen LogP contribution in [0.3, 0.4) is 0 Å². The van der Waals surface area contributed by atoms with Crippen LogP contribution in [-0.2, 0) is 11.2 Å². The van der Waals surface area contributed by atoms with E-state index in [1.165, 1.54) is 0 Å². The number of benzene rings is 1. The maximum Gasteiger partial charge on any atom is 0.222 e. The summed E-state index contributed by atoms with van der Waals surface area (Å²) in [7, 11) is 1.70. The molecule has 2 N–H and O–H groups in total. The van der Waals surface area contributed by atoms with Crippen LogP contribution < -0.4 is 15.6 Å². The van der Waals surface area contributed by atoms with E-state index in [0.717, 1.165) is 36.5 Å². The highest BCUT2D eigenvalue weighted by Gasteiger charge is 2.42. The van der Waals surface area contributed by atoms with Gasteiger partial charge in [0.2, 0.25) is 5.91 Å². The standard InChI is InChI=1S/C21H26N4O2/c1-27-19-8-3-2-7-16(19)21-17-14-25(13-11-18(17)23-24-21)20(26)10-9-15-6-4-5-12-22-15/h2-8,12,17-18,21,23-24H,9-11,13-14H2,1H3. The van der Waals surface area contributed by atoms with Gasteiger partial charge in [-0.3, -0.25) is 15.2 Å². The smallest absolute Gasteiger partial charge is 0.222 e. The van der Waals surface area contributed by atoms with Crippen molar-refractivity contribution in [3.05, 3.63) is 59.9 Å². The minimum Gasteiger partial charge on any atom is -0.496 e. The second-order valence-electron chi connectivity index (χ2n) is 7.23. The first-order valence-corrected chi connectivity index (χ1v) is 9.58. The molecule has 1 aromatic carbocycles. The zero-order valence-electron chi connectivity index (χ0n) is 15.6. The number of aryl methyl sites for hydroxylation is 1. The molecule has 2 aliphatic heterocycles. The molecule has 0 bridgehead atoms. The largest absolute Gasteiger partial charge is 0.496 e. The molecule has 6 nitrogen and oxygen atoms in total. The molecule has 142 valence electrons. The Balaban J connectivity index is 1.42. The average Bonchev–Trinajstić information content (AvgIpc) is 3.15. The molecule has 0 spiro atoms. The molecule has 1 amide bonds. The lowest BCUT2D eigenvalue weighted by atomic mass is 9.84. The number of aromatic nitrogens is 1. The average molecular weight is 366 g/mol. The van der Waals surface area contributed by atoms with E-state index in [4.69, 9.17) is 4.74 Å². The molecule has 4 rings (SSSR count). The maximum absolute atomic E-state index is 12.8. The highest BCUT2D eigenvalue weighted by atomic mass is 16.5. The number of fused-ring (bicyclic) bond motifs is 1. The van der Waals surface area contributed by atoms with Crippen LogP contribution in [0.4, 0.5) is 0 Å². The molecule has 2 aromatic rings. The monoisotopic (exact) mass is 366 g/mol. The van der Waals surface area contributed by atoms with Crippen molar-refractivity contribution in [1.82, 2.24) is 20.7 Å². The number of ether oxygens (including phenoxy) is 1. The van der Waals surface area contributed by atoms with Crippen molar-refractivity contribution in [2.24, 2.45) is 5.92 Å². The van der Waals surface area contributed by atoms with Crippen LogP contribution in [0.15, 0.2) is 48.7 Å². The van der Waals surface area contributed by atoms with Gasteiger partial charge < -0.3 is 9.64 Å². The number of carbonyl (C=O) groups excluding carboxylic acids is 1. The summed E-state index contributed by atoms with van der Waals surface area (Å²) in [5.74, 6) is 1.43. The number of nitrogens with one attached hydrogen (secondary N) is 2. The maximum atomic E-state index is 12.8. The van der Waals surface area contributed by atoms with E-state index < -0.39 is 0 Å². The lowest BCUT2D eigenvalue weighted by molar-refractivity contribution is -0.133. The second-order valence-corrected chi connectivity index (χ2v) is 7.23. The Morgan fingerprint density at radius 2 is 2.07 bits per heavy atom. The first-order chi connectivity index (χ1) is 13.3. The molecule has 2 saturated heterocycles. The summed E-state index contributed by atoms with van der Waals surface area (Å²) < 4.78 is 5.54. The van der Waals surface area contributed by atoms with Crippen molar-refractivity contribution in [2.75, 3.05) is 20.2 Å². The normalized spacial score (nSPS) is 24.5. The number of para-hydroxylation sites is 1. The number of methoxy groups -OCH3 is 1. The fourth-order valence-corrected chi connectivity index (χ4v) is 4.20. The van der Waals surface area contributed by atoms with Gasteiger partial charge in [0.15, 0.2) is 0 Å². The van der Waals surface area contributed by atoms with Gasteiger partial charge in [0, 0.05) is 48.9 Å². The van der Waals surface area contributed by atoms with Crippen LogP contribution in [0.1, 0.15) is 30.1 Å². The molecule has 3 heterocycles. The quantitative estimate of drug-likeness (QED) is 0.848. The molecule has 3 atom stereocenters. The van der Waals surface area contributed by atoms with E-state index in [9.17, 15) is 4.79 Å². The summed E-state index contributed by atoms with van der Waals surface area (Å²) in [4.78, 5) is 19.1. The second kappa shape index (κ2) is 8.06. The highest BCUT2D eigenvalue weighted by molar-refractivity contribution is 5.76. The Labute approximate surface area is 159 Å². The summed E-state index contributed by atoms with van der Waals surface area (Å²) >= 11 is 0. The van der Waals surface area contributed by atoms with Crippen molar-refractivity contribution < 1.29 is 9.53 Å². The number of amides is 1. The van der Waals surface area contributed by atoms with Gasteiger partial charge in [0.05, 0.1) is 13.2 Å². The summed E-state index contributed by atoms with van der Waals surface area (Å²) in [5.41, 5.74) is 8.96. The van der Waals surface area contributed by atoms with Crippen molar-refractivity contribution in [3.8, 4) is 5.75 Å². The van der Waals surface area contributed by atoms with Gasteiger partial charge in [-0.2, -0.15) is 0 Å². The van der Waals surface area contributed by atoms with Crippen molar-refractivity contribution >= 4 is 5.91 Å². The van der Waals surface area contributed by atoms with Gasteiger partial charge >= 0.3 is 0 Å². The third kappa shape index (κ3) is 3.82. The summed E-state index contributed by atoms with van der Waals surface area (Å²) in [6.45, 7) is 1.56. The zero-order chi connectivity index (χ0) is 18.6. The Hall–Kier alpha value is -2.44. The number of likely N-dealkylation sites (tertiary alicyclic amines) is 1. The topological polar surface area (TPSA) is 66.5 Å². The van der Waals surface area contributed by atoms with Crippen LogP contribution in [0, 0.1) is 5.92 Å². The summed E-state index contributed by atoms with van der Waals surface area (Å²) in [5, 5.41) is 0. The number of hydrazine groups is 1. The van der Waals surface area contributed by atoms with Gasteiger partial charge in [-0.05, 0) is 31.0 Å². The van der Waals surface area contributed by atoms with Gasteiger partial charge in [0.25, 0.3) is 0 Å². The van der Waals surface area contributed by atoms with Crippen LogP contribution in [0.2, 0.25) is 0 Å². The minimum absolute atomic E-state index is 0.137. The third-order valence-corrected chi connectivity index (χ3v) is 5.66. The van der Waals surface area contributed by atoms with Crippen molar-refractivity contribution in [1.29, 1.82) is 0 Å². The summed E-state index contributed by atoms with van der Waals surface area (Å²) in [6.07, 6.45) is 3.93. The van der Waals surface area contributed by atoms with Gasteiger partial charge in [0.1, 0.15) is 5.75 Å². The molecular formula is C21H26N4O2. The SMILES string of the molecule is COc1ccccc1C1NNC2CCN(C(=O)CCc3ccccn3)CC21. The van der Waals surface area contributed by atoms with Gasteiger partial charge in [-0.15, -0.1) is 0 Å². The molecule has 0 saturated carbocycles. The van der Waals surface area contributed by atoms with Crippen LogP contribution in [0.5, 0.6) is 5.75 Å². The van der Waals surface area contributed by atoms with Gasteiger partial charge in [-0.25, -0.2) is 5.43 Å². The molecule has 3 unspecified atom stereocenters. The summed E-state index contributed by atoms with van der Waals surface area (Å²) in [6, 6.07) is 14.5. The van der Waals surface area contributed by atoms with Gasteiger partial charge in [-0.1, -0.05) is 24.3 Å². The third-order valence-electron chi connectivity index (χ3n) is 5.66. The molecule has 1 aromatic heterocycles. The Morgan fingerprint density at radius 3 is 2.89 bits per heavy atom. The highest BCUT2D eigenvalue weighted by Crippen LogP contribution is 2.37. The number of pyridine rings is 1. The van der Waals surface area contributed by atoms with Crippen molar-refractivity contribution in [3.63, 3.8) is 0 Å². The number of hydrogen-bond acceptors (Lipinski definition) is 5. The molecule has 0 aliphatic carbocycles. The van der Waals surface area contributed by atoms with Crippen molar-refractivity contribution in [2.45, 2.75) is 31.3 Å². The van der Waals surface area contributed by atoms with E-state index in [1.54, 1.807) is 13.3 Å². The lowest BCUT2D eigenvalue weighted by Gasteiger charge is -2.36. The fraction of sp³-hybridized carbons (Fsp3) is 0.429. The molecular weight excluding hydrogens is 340 g/mol. The Kier molecular flexibility index (Phi) is 5.36. The predicted octanol–water partition coefficient (Wildman–Crippen LogP) is 2.09. The number of rotatable bonds is 5. The van der Waals surface area contributed by atoms with E-state index in [2.05, 4.69) is 21.9 Å².